The number of fused-ring (bicyclic) bond motifs is 5. The Hall–Kier alpha value is -3.67. The standard InChI is InChI=1S/C29H42N6O5/c1-29(2,15-31)16-33-27(39)23-14-20-12-18(7-9-25(20)37)17-6-8-24(36)19(11-17)13-21(32)26(38)34-22(5-4-10-30)28(40)35(23)3/h6-9,11-12,21-23,36-37H,4-5,10,13-16,30-32H2,1-3H3,(H,33,39)(H,34,38)/t21-,22-,23-/m0/s1. The summed E-state index contributed by atoms with van der Waals surface area (Å²) in [5.41, 5.74) is 19.7. The van der Waals surface area contributed by atoms with Crippen molar-refractivity contribution in [1.29, 1.82) is 0 Å². The number of aromatic hydroxyl groups is 2. The number of phenols is 2. The monoisotopic (exact) mass is 554 g/mol. The van der Waals surface area contributed by atoms with Gasteiger partial charge in [0.15, 0.2) is 0 Å². The van der Waals surface area contributed by atoms with Crippen molar-refractivity contribution in [3.63, 3.8) is 0 Å². The zero-order chi connectivity index (χ0) is 29.6. The highest BCUT2D eigenvalue weighted by atomic mass is 16.3. The van der Waals surface area contributed by atoms with Crippen LogP contribution in [0.1, 0.15) is 37.8 Å². The molecule has 3 atom stereocenters. The lowest BCUT2D eigenvalue weighted by atomic mass is 9.93. The predicted molar refractivity (Wildman–Crippen MR) is 153 cm³/mol. The molecule has 0 saturated carbocycles. The van der Waals surface area contributed by atoms with Gasteiger partial charge in [-0.25, -0.2) is 0 Å². The van der Waals surface area contributed by atoms with E-state index >= 15 is 0 Å². The molecular weight excluding hydrogens is 512 g/mol. The van der Waals surface area contributed by atoms with Gasteiger partial charge in [-0.1, -0.05) is 26.0 Å². The number of amides is 3. The number of hydrogen-bond donors (Lipinski definition) is 7. The lowest BCUT2D eigenvalue weighted by molar-refractivity contribution is -0.142. The largest absolute Gasteiger partial charge is 0.508 e. The number of nitrogens with zero attached hydrogens (tertiary/aromatic N) is 1. The second kappa shape index (κ2) is 13.1. The minimum absolute atomic E-state index is 0.0112. The molecule has 0 radical (unpaired) electrons. The Kier molecular flexibility index (Phi) is 10.1. The summed E-state index contributed by atoms with van der Waals surface area (Å²) in [5, 5.41) is 26.8. The molecule has 11 nitrogen and oxygen atoms in total. The Labute approximate surface area is 235 Å². The first-order valence-corrected chi connectivity index (χ1v) is 13.5. The molecule has 0 saturated heterocycles. The Bertz CT molecular complexity index is 1230. The Morgan fingerprint density at radius 1 is 1.05 bits per heavy atom. The van der Waals surface area contributed by atoms with Crippen LogP contribution in [0, 0.1) is 5.41 Å². The van der Waals surface area contributed by atoms with Gasteiger partial charge < -0.3 is 42.9 Å². The van der Waals surface area contributed by atoms with Crippen molar-refractivity contribution in [2.75, 3.05) is 26.7 Å². The topological polar surface area (TPSA) is 197 Å². The molecule has 1 heterocycles. The molecule has 11 heteroatoms. The fourth-order valence-electron chi connectivity index (χ4n) is 4.57. The molecule has 1 aliphatic heterocycles. The SMILES string of the molecule is CN1C(=O)[C@H](CCCN)NC(=O)[C@@H](N)Cc2cc(ccc2O)-c2ccc(O)c(c2)C[C@H]1C(=O)NCC(C)(C)CN. The summed E-state index contributed by atoms with van der Waals surface area (Å²) in [6.45, 7) is 4.76. The molecule has 3 rings (SSSR count). The summed E-state index contributed by atoms with van der Waals surface area (Å²) in [7, 11) is 1.50. The van der Waals surface area contributed by atoms with Crippen LogP contribution in [0.4, 0.5) is 0 Å². The molecule has 0 aliphatic carbocycles. The molecule has 2 aromatic carbocycles. The molecule has 4 bridgehead atoms. The van der Waals surface area contributed by atoms with E-state index < -0.39 is 35.8 Å². The second-order valence-electron chi connectivity index (χ2n) is 11.2. The number of nitrogens with two attached hydrogens (primary N) is 3. The van der Waals surface area contributed by atoms with Crippen molar-refractivity contribution in [3.8, 4) is 22.6 Å². The van der Waals surface area contributed by atoms with Gasteiger partial charge in [0.25, 0.3) is 0 Å². The van der Waals surface area contributed by atoms with E-state index in [-0.39, 0.29) is 42.7 Å². The quantitative estimate of drug-likeness (QED) is 0.254. The van der Waals surface area contributed by atoms with Gasteiger partial charge in [-0.05, 0) is 77.9 Å². The van der Waals surface area contributed by atoms with Gasteiger partial charge in [0, 0.05) is 26.4 Å². The molecule has 1 aliphatic rings. The van der Waals surface area contributed by atoms with Crippen molar-refractivity contribution in [2.45, 2.75) is 57.7 Å². The number of benzene rings is 2. The van der Waals surface area contributed by atoms with Crippen LogP contribution in [0.3, 0.4) is 0 Å². The van der Waals surface area contributed by atoms with Crippen molar-refractivity contribution in [1.82, 2.24) is 15.5 Å². The average Bonchev–Trinajstić information content (AvgIpc) is 2.93. The average molecular weight is 555 g/mol. The third-order valence-corrected chi connectivity index (χ3v) is 7.41. The van der Waals surface area contributed by atoms with Crippen LogP contribution >= 0.6 is 0 Å². The van der Waals surface area contributed by atoms with Gasteiger partial charge in [-0.2, -0.15) is 0 Å². The van der Waals surface area contributed by atoms with E-state index in [9.17, 15) is 24.6 Å². The number of phenolic OH excluding ortho intramolecular Hbond substituents is 2. The molecule has 0 unspecified atom stereocenters. The first-order chi connectivity index (χ1) is 18.9. The van der Waals surface area contributed by atoms with E-state index in [0.29, 0.717) is 30.6 Å². The molecule has 0 aromatic heterocycles. The van der Waals surface area contributed by atoms with Gasteiger partial charge in [0.05, 0.1) is 6.04 Å². The molecule has 0 spiro atoms. The van der Waals surface area contributed by atoms with Crippen LogP contribution < -0.4 is 27.8 Å². The number of carbonyl (C=O) groups excluding carboxylic acids is 3. The lowest BCUT2D eigenvalue weighted by Gasteiger charge is -2.32. The van der Waals surface area contributed by atoms with Crippen LogP contribution in [0.5, 0.6) is 11.5 Å². The van der Waals surface area contributed by atoms with Gasteiger partial charge >= 0.3 is 0 Å². The zero-order valence-electron chi connectivity index (χ0n) is 23.4. The van der Waals surface area contributed by atoms with E-state index in [2.05, 4.69) is 10.6 Å². The van der Waals surface area contributed by atoms with E-state index in [0.717, 1.165) is 11.1 Å². The predicted octanol–water partition coefficient (Wildman–Crippen LogP) is 0.343. The first-order valence-electron chi connectivity index (χ1n) is 13.5. The van der Waals surface area contributed by atoms with E-state index in [1.54, 1.807) is 24.3 Å². The summed E-state index contributed by atoms with van der Waals surface area (Å²) in [4.78, 5) is 41.7. The maximum Gasteiger partial charge on any atom is 0.245 e. The number of nitrogens with one attached hydrogen (secondary N) is 2. The van der Waals surface area contributed by atoms with Crippen LogP contribution in [-0.4, -0.2) is 77.6 Å². The Morgan fingerprint density at radius 2 is 1.62 bits per heavy atom. The molecule has 2 aromatic rings. The highest BCUT2D eigenvalue weighted by molar-refractivity contribution is 5.93. The summed E-state index contributed by atoms with van der Waals surface area (Å²) in [6, 6.07) is 6.95. The van der Waals surface area contributed by atoms with Crippen molar-refractivity contribution >= 4 is 17.7 Å². The zero-order valence-corrected chi connectivity index (χ0v) is 23.4. The van der Waals surface area contributed by atoms with Gasteiger partial charge in [-0.3, -0.25) is 14.4 Å². The summed E-state index contributed by atoms with van der Waals surface area (Å²) < 4.78 is 0. The first kappa shape index (κ1) is 30.9. The number of carbonyl (C=O) groups is 3. The third kappa shape index (κ3) is 7.50. The molecular formula is C29H42N6O5. The number of hydrogen-bond acceptors (Lipinski definition) is 8. The van der Waals surface area contributed by atoms with Crippen LogP contribution in [0.2, 0.25) is 0 Å². The van der Waals surface area contributed by atoms with Crippen LogP contribution in [-0.2, 0) is 27.2 Å². The highest BCUT2D eigenvalue weighted by Gasteiger charge is 2.34. The molecule has 3 amide bonds. The maximum absolute atomic E-state index is 13.8. The van der Waals surface area contributed by atoms with Gasteiger partial charge in [0.1, 0.15) is 23.6 Å². The molecule has 218 valence electrons. The second-order valence-corrected chi connectivity index (χ2v) is 11.2. The minimum Gasteiger partial charge on any atom is -0.508 e. The third-order valence-electron chi connectivity index (χ3n) is 7.41. The summed E-state index contributed by atoms with van der Waals surface area (Å²) in [5.74, 6) is -1.50. The van der Waals surface area contributed by atoms with E-state index in [4.69, 9.17) is 17.2 Å². The highest BCUT2D eigenvalue weighted by Crippen LogP contribution is 2.31. The molecule has 0 fully saturated rings. The Morgan fingerprint density at radius 3 is 2.17 bits per heavy atom. The van der Waals surface area contributed by atoms with Crippen molar-refractivity contribution in [2.24, 2.45) is 22.6 Å². The minimum atomic E-state index is -1.04. The van der Waals surface area contributed by atoms with E-state index in [1.807, 2.05) is 13.8 Å². The summed E-state index contributed by atoms with van der Waals surface area (Å²) >= 11 is 0. The van der Waals surface area contributed by atoms with Crippen LogP contribution in [0.25, 0.3) is 11.1 Å². The Balaban J connectivity index is 2.12. The van der Waals surface area contributed by atoms with E-state index in [1.165, 1.54) is 24.1 Å². The van der Waals surface area contributed by atoms with Crippen molar-refractivity contribution < 1.29 is 24.6 Å². The number of likely N-dealkylation sites (N-methyl/N-ethyl adjacent to an activating group) is 1. The lowest BCUT2D eigenvalue weighted by Crippen LogP contribution is -2.57. The number of rotatable bonds is 7. The van der Waals surface area contributed by atoms with Gasteiger partial charge in [-0.15, -0.1) is 0 Å². The smallest absolute Gasteiger partial charge is 0.245 e. The van der Waals surface area contributed by atoms with Gasteiger partial charge in [0.2, 0.25) is 17.7 Å². The normalized spacial score (nSPS) is 20.4. The summed E-state index contributed by atoms with van der Waals surface area (Å²) in [6.07, 6.45) is 0.742. The maximum atomic E-state index is 13.8. The molecule has 10 N–H and O–H groups in total. The fraction of sp³-hybridized carbons (Fsp3) is 0.483. The van der Waals surface area contributed by atoms with Crippen LogP contribution in [0.15, 0.2) is 36.4 Å². The fourth-order valence-corrected chi connectivity index (χ4v) is 4.57. The molecule has 40 heavy (non-hydrogen) atoms. The van der Waals surface area contributed by atoms with Crippen molar-refractivity contribution in [3.05, 3.63) is 47.5 Å².